The quantitative estimate of drug-likeness (QED) is 0.158. The van der Waals surface area contributed by atoms with E-state index in [1.54, 1.807) is 89.1 Å². The third-order valence-corrected chi connectivity index (χ3v) is 5.75. The van der Waals surface area contributed by atoms with Crippen molar-refractivity contribution in [2.24, 2.45) is 0 Å². The maximum atomic E-state index is 12.9. The summed E-state index contributed by atoms with van der Waals surface area (Å²) in [6.07, 6.45) is 18.9. The molecule has 200 valence electrons. The standard InChI is InChI=1S/C16H10FN3.C9H6FIN2.C7H5N/c17-15-3-5-16(6-4-15)20-12-14(11-19-20)2-1-13-7-9-18-10-8-13;10-7-1-3-9(4-2-7)13-6-8(11)5-12-13;1-2-7-3-5-8-6-4-7/h3-12H;1-6H;1,3-6H. The summed E-state index contributed by atoms with van der Waals surface area (Å²) in [6.45, 7) is 0. The van der Waals surface area contributed by atoms with Gasteiger partial charge in [0.15, 0.2) is 0 Å². The van der Waals surface area contributed by atoms with Crippen LogP contribution in [0.5, 0.6) is 0 Å². The number of rotatable bonds is 2. The summed E-state index contributed by atoms with van der Waals surface area (Å²) in [6, 6.07) is 19.6. The Balaban J connectivity index is 0.000000158. The zero-order valence-corrected chi connectivity index (χ0v) is 23.6. The van der Waals surface area contributed by atoms with Crippen molar-refractivity contribution >= 4 is 22.6 Å². The molecule has 4 aromatic heterocycles. The lowest BCUT2D eigenvalue weighted by Gasteiger charge is -1.99. The molecule has 6 aromatic rings. The van der Waals surface area contributed by atoms with E-state index in [1.165, 1.54) is 24.3 Å². The highest BCUT2D eigenvalue weighted by Crippen LogP contribution is 2.11. The van der Waals surface area contributed by atoms with Gasteiger partial charge in [-0.2, -0.15) is 10.2 Å². The second-order valence-electron chi connectivity index (χ2n) is 8.10. The molecule has 4 heterocycles. The van der Waals surface area contributed by atoms with E-state index >= 15 is 0 Å². The minimum atomic E-state index is -0.265. The highest BCUT2D eigenvalue weighted by molar-refractivity contribution is 14.1. The molecule has 0 N–H and O–H groups in total. The van der Waals surface area contributed by atoms with Crippen molar-refractivity contribution in [1.29, 1.82) is 0 Å². The van der Waals surface area contributed by atoms with Crippen molar-refractivity contribution < 1.29 is 8.78 Å². The van der Waals surface area contributed by atoms with Gasteiger partial charge in [-0.05, 0) is 95.4 Å². The number of hydrogen-bond donors (Lipinski definition) is 0. The molecule has 6 nitrogen and oxygen atoms in total. The van der Waals surface area contributed by atoms with Crippen LogP contribution in [0.1, 0.15) is 16.7 Å². The normalized spacial score (nSPS) is 9.61. The van der Waals surface area contributed by atoms with Crippen LogP contribution in [0.2, 0.25) is 0 Å². The molecule has 9 heteroatoms. The van der Waals surface area contributed by atoms with E-state index in [-0.39, 0.29) is 11.6 Å². The fraction of sp³-hybridized carbons (Fsp3) is 0. The Labute approximate surface area is 249 Å². The highest BCUT2D eigenvalue weighted by Gasteiger charge is 2.00. The third-order valence-electron chi connectivity index (χ3n) is 5.19. The maximum absolute atomic E-state index is 12.9. The van der Waals surface area contributed by atoms with Gasteiger partial charge in [-0.1, -0.05) is 17.8 Å². The Kier molecular flexibility index (Phi) is 10.5. The van der Waals surface area contributed by atoms with E-state index in [2.05, 4.69) is 60.5 Å². The van der Waals surface area contributed by atoms with Crippen LogP contribution in [-0.4, -0.2) is 29.5 Å². The molecule has 0 aliphatic heterocycles. The van der Waals surface area contributed by atoms with Gasteiger partial charge < -0.3 is 0 Å². The van der Waals surface area contributed by atoms with Crippen LogP contribution in [0.25, 0.3) is 11.4 Å². The van der Waals surface area contributed by atoms with Crippen molar-refractivity contribution in [2.45, 2.75) is 0 Å². The summed E-state index contributed by atoms with van der Waals surface area (Å²) in [5, 5.41) is 8.31. The highest BCUT2D eigenvalue weighted by atomic mass is 127. The lowest BCUT2D eigenvalue weighted by Crippen LogP contribution is -1.93. The number of pyridine rings is 2. The van der Waals surface area contributed by atoms with Crippen LogP contribution in [0.15, 0.2) is 122 Å². The van der Waals surface area contributed by atoms with Crippen molar-refractivity contribution in [3.05, 3.63) is 154 Å². The smallest absolute Gasteiger partial charge is 0.123 e. The summed E-state index contributed by atoms with van der Waals surface area (Å²) in [4.78, 5) is 7.73. The molecule has 0 aliphatic carbocycles. The van der Waals surface area contributed by atoms with E-state index in [9.17, 15) is 8.78 Å². The topological polar surface area (TPSA) is 61.4 Å². The van der Waals surface area contributed by atoms with E-state index in [4.69, 9.17) is 6.42 Å². The van der Waals surface area contributed by atoms with Crippen LogP contribution in [0, 0.1) is 39.4 Å². The fourth-order valence-corrected chi connectivity index (χ4v) is 3.57. The third kappa shape index (κ3) is 9.24. The second kappa shape index (κ2) is 14.9. The minimum absolute atomic E-state index is 0.231. The number of halogens is 3. The molecule has 0 spiro atoms. The van der Waals surface area contributed by atoms with Crippen molar-refractivity contribution in [2.75, 3.05) is 0 Å². The molecule has 0 bridgehead atoms. The molecule has 0 aliphatic rings. The molecule has 0 amide bonds. The van der Waals surface area contributed by atoms with Crippen LogP contribution in [0.3, 0.4) is 0 Å². The van der Waals surface area contributed by atoms with Gasteiger partial charge in [0, 0.05) is 48.3 Å². The number of aromatic nitrogens is 6. The Morgan fingerprint density at radius 1 is 0.585 bits per heavy atom. The summed E-state index contributed by atoms with van der Waals surface area (Å²) in [7, 11) is 0. The van der Waals surface area contributed by atoms with Crippen molar-refractivity contribution in [3.8, 4) is 35.6 Å². The van der Waals surface area contributed by atoms with Gasteiger partial charge in [0.1, 0.15) is 11.6 Å². The molecule has 0 saturated carbocycles. The Hall–Kier alpha value is -5.13. The summed E-state index contributed by atoms with van der Waals surface area (Å²) < 4.78 is 29.9. The minimum Gasteiger partial charge on any atom is -0.265 e. The molecule has 2 aromatic carbocycles. The monoisotopic (exact) mass is 654 g/mol. The molecule has 0 radical (unpaired) electrons. The van der Waals surface area contributed by atoms with Gasteiger partial charge in [0.05, 0.1) is 32.9 Å². The van der Waals surface area contributed by atoms with Gasteiger partial charge in [-0.15, -0.1) is 6.42 Å². The van der Waals surface area contributed by atoms with E-state index in [1.807, 2.05) is 18.3 Å². The van der Waals surface area contributed by atoms with Gasteiger partial charge in [-0.25, -0.2) is 18.1 Å². The molecular weight excluding hydrogens is 633 g/mol. The first kappa shape index (κ1) is 28.9. The maximum Gasteiger partial charge on any atom is 0.123 e. The number of hydrogen-bond acceptors (Lipinski definition) is 4. The van der Waals surface area contributed by atoms with Gasteiger partial charge in [-0.3, -0.25) is 9.97 Å². The van der Waals surface area contributed by atoms with Gasteiger partial charge in [0.25, 0.3) is 0 Å². The average molecular weight is 654 g/mol. The molecule has 0 atom stereocenters. The number of benzene rings is 2. The Bertz CT molecular complexity index is 1760. The predicted octanol–water partition coefficient (Wildman–Crippen LogP) is 6.49. The zero-order chi connectivity index (χ0) is 28.9. The van der Waals surface area contributed by atoms with E-state index < -0.39 is 0 Å². The van der Waals surface area contributed by atoms with E-state index in [0.29, 0.717) is 0 Å². The van der Waals surface area contributed by atoms with Crippen molar-refractivity contribution in [3.63, 3.8) is 0 Å². The lowest BCUT2D eigenvalue weighted by atomic mass is 10.2. The average Bonchev–Trinajstić information content (AvgIpc) is 3.68. The van der Waals surface area contributed by atoms with Crippen LogP contribution in [0.4, 0.5) is 8.78 Å². The van der Waals surface area contributed by atoms with Crippen LogP contribution in [-0.2, 0) is 0 Å². The Morgan fingerprint density at radius 2 is 1.05 bits per heavy atom. The SMILES string of the molecule is C#Cc1ccncc1.Fc1ccc(-n2cc(C#Cc3ccncc3)cn2)cc1.Fc1ccc(-n2cc(I)cn2)cc1. The first-order valence-electron chi connectivity index (χ1n) is 12.1. The molecule has 0 fully saturated rings. The van der Waals surface area contributed by atoms with Crippen molar-refractivity contribution in [1.82, 2.24) is 29.5 Å². The zero-order valence-electron chi connectivity index (χ0n) is 21.4. The number of terminal acetylenes is 1. The predicted molar refractivity (Wildman–Crippen MR) is 162 cm³/mol. The Morgan fingerprint density at radius 3 is 1.51 bits per heavy atom. The molecule has 0 saturated heterocycles. The lowest BCUT2D eigenvalue weighted by molar-refractivity contribution is 0.626. The van der Waals surface area contributed by atoms with Crippen LogP contribution >= 0.6 is 22.6 Å². The summed E-state index contributed by atoms with van der Waals surface area (Å²) in [5.41, 5.74) is 4.23. The van der Waals surface area contributed by atoms with Crippen LogP contribution < -0.4 is 0 Å². The second-order valence-corrected chi connectivity index (χ2v) is 9.34. The van der Waals surface area contributed by atoms with Gasteiger partial charge >= 0.3 is 0 Å². The first-order chi connectivity index (χ1) is 20.0. The molecule has 41 heavy (non-hydrogen) atoms. The first-order valence-corrected chi connectivity index (χ1v) is 13.1. The van der Waals surface area contributed by atoms with E-state index in [0.717, 1.165) is 31.6 Å². The fourth-order valence-electron chi connectivity index (χ4n) is 3.19. The van der Waals surface area contributed by atoms with Gasteiger partial charge in [0.2, 0.25) is 0 Å². The summed E-state index contributed by atoms with van der Waals surface area (Å²) >= 11 is 2.18. The summed E-state index contributed by atoms with van der Waals surface area (Å²) in [5.74, 6) is 8.05. The molecule has 6 rings (SSSR count). The number of nitrogens with zero attached hydrogens (tertiary/aromatic N) is 6. The molecule has 0 unspecified atom stereocenters. The largest absolute Gasteiger partial charge is 0.265 e. The molecular formula is C32H21F2IN6.